The Labute approximate surface area is 152 Å². The number of nitrogens with zero attached hydrogens (tertiary/aromatic N) is 2. The van der Waals surface area contributed by atoms with Gasteiger partial charge in [-0.05, 0) is 40.8 Å². The average Bonchev–Trinajstić information content (AvgIpc) is 2.94. The summed E-state index contributed by atoms with van der Waals surface area (Å²) in [5.74, 6) is 0.842. The third kappa shape index (κ3) is 8.50. The molecular formula is C15H33IN4O2. The summed E-state index contributed by atoms with van der Waals surface area (Å²) in [6.07, 6.45) is 2.29. The van der Waals surface area contributed by atoms with Crippen molar-refractivity contribution in [3.63, 3.8) is 0 Å². The maximum absolute atomic E-state index is 5.73. The van der Waals surface area contributed by atoms with Crippen molar-refractivity contribution in [1.82, 2.24) is 15.5 Å². The van der Waals surface area contributed by atoms with E-state index < -0.39 is 0 Å². The van der Waals surface area contributed by atoms with Gasteiger partial charge < -0.3 is 25.0 Å². The fraction of sp³-hybridized carbons (Fsp3) is 0.933. The number of guanidine groups is 1. The molecule has 0 spiro atoms. The Balaban J connectivity index is 0.00000441. The van der Waals surface area contributed by atoms with E-state index in [2.05, 4.69) is 48.5 Å². The van der Waals surface area contributed by atoms with E-state index in [1.807, 2.05) is 0 Å². The highest BCUT2D eigenvalue weighted by atomic mass is 127. The smallest absolute Gasteiger partial charge is 0.191 e. The highest BCUT2D eigenvalue weighted by Gasteiger charge is 2.20. The third-order valence-electron chi connectivity index (χ3n) is 3.98. The Kier molecular flexibility index (Phi) is 11.4. The lowest BCUT2D eigenvalue weighted by molar-refractivity contribution is 0.0420. The minimum atomic E-state index is 0. The number of hydrogen-bond acceptors (Lipinski definition) is 4. The molecule has 1 saturated heterocycles. The molecule has 1 fully saturated rings. The summed E-state index contributed by atoms with van der Waals surface area (Å²) in [4.78, 5) is 6.44. The molecule has 7 heteroatoms. The van der Waals surface area contributed by atoms with Crippen LogP contribution in [0.2, 0.25) is 0 Å². The first-order valence-corrected chi connectivity index (χ1v) is 7.77. The lowest BCUT2D eigenvalue weighted by atomic mass is 10.0. The SMILES string of the molecule is CN=C(NCCCOC1CCOC1)NCC(C)(C)N(C)C.I. The second-order valence-electron chi connectivity index (χ2n) is 6.27. The van der Waals surface area contributed by atoms with Crippen molar-refractivity contribution in [3.05, 3.63) is 0 Å². The normalized spacial score (nSPS) is 19.2. The van der Waals surface area contributed by atoms with Crippen LogP contribution in [-0.4, -0.2) is 76.6 Å². The summed E-state index contributed by atoms with van der Waals surface area (Å²) >= 11 is 0. The molecule has 1 atom stereocenters. The number of aliphatic imine (C=N–C) groups is 1. The van der Waals surface area contributed by atoms with Gasteiger partial charge in [0.1, 0.15) is 0 Å². The van der Waals surface area contributed by atoms with Crippen LogP contribution in [0.4, 0.5) is 0 Å². The first-order valence-electron chi connectivity index (χ1n) is 7.77. The van der Waals surface area contributed by atoms with Crippen molar-refractivity contribution in [3.8, 4) is 0 Å². The van der Waals surface area contributed by atoms with E-state index in [0.29, 0.717) is 6.10 Å². The molecule has 0 bridgehead atoms. The second-order valence-corrected chi connectivity index (χ2v) is 6.27. The molecule has 1 rings (SSSR count). The van der Waals surface area contributed by atoms with Crippen LogP contribution < -0.4 is 10.6 Å². The number of halogens is 1. The van der Waals surface area contributed by atoms with Gasteiger partial charge in [0.25, 0.3) is 0 Å². The molecule has 0 amide bonds. The standard InChI is InChI=1S/C15H32N4O2.HI/c1-15(2,19(4)5)12-18-14(16-3)17-8-6-9-21-13-7-10-20-11-13;/h13H,6-12H2,1-5H3,(H2,16,17,18);1H. The minimum absolute atomic E-state index is 0. The summed E-state index contributed by atoms with van der Waals surface area (Å²) in [5, 5.41) is 6.67. The fourth-order valence-corrected chi connectivity index (χ4v) is 1.85. The summed E-state index contributed by atoms with van der Waals surface area (Å²) < 4.78 is 11.0. The van der Waals surface area contributed by atoms with Gasteiger partial charge in [-0.25, -0.2) is 0 Å². The van der Waals surface area contributed by atoms with Crippen LogP contribution in [0.3, 0.4) is 0 Å². The molecule has 22 heavy (non-hydrogen) atoms. The number of nitrogens with one attached hydrogen (secondary N) is 2. The Morgan fingerprint density at radius 2 is 2.09 bits per heavy atom. The van der Waals surface area contributed by atoms with Crippen molar-refractivity contribution in [2.24, 2.45) is 4.99 Å². The number of ether oxygens (including phenoxy) is 2. The highest BCUT2D eigenvalue weighted by molar-refractivity contribution is 14.0. The lowest BCUT2D eigenvalue weighted by Crippen LogP contribution is -2.51. The van der Waals surface area contributed by atoms with Gasteiger partial charge in [-0.15, -0.1) is 24.0 Å². The van der Waals surface area contributed by atoms with E-state index in [0.717, 1.165) is 51.7 Å². The fourth-order valence-electron chi connectivity index (χ4n) is 1.85. The molecule has 132 valence electrons. The minimum Gasteiger partial charge on any atom is -0.379 e. The van der Waals surface area contributed by atoms with Crippen molar-refractivity contribution >= 4 is 29.9 Å². The van der Waals surface area contributed by atoms with Crippen LogP contribution in [-0.2, 0) is 9.47 Å². The molecule has 2 N–H and O–H groups in total. The molecule has 0 radical (unpaired) electrons. The predicted octanol–water partition coefficient (Wildman–Crippen LogP) is 1.31. The van der Waals surface area contributed by atoms with Gasteiger partial charge in [0, 0.05) is 38.9 Å². The quantitative estimate of drug-likeness (QED) is 0.264. The summed E-state index contributed by atoms with van der Waals surface area (Å²) in [5.41, 5.74) is 0.0865. The topological polar surface area (TPSA) is 58.1 Å². The Morgan fingerprint density at radius 3 is 2.64 bits per heavy atom. The number of likely N-dealkylation sites (N-methyl/N-ethyl adjacent to an activating group) is 1. The molecule has 0 aromatic carbocycles. The first kappa shape index (κ1) is 21.9. The molecule has 1 heterocycles. The number of hydrogen-bond donors (Lipinski definition) is 2. The average molecular weight is 428 g/mol. The van der Waals surface area contributed by atoms with Gasteiger partial charge in [-0.2, -0.15) is 0 Å². The summed E-state index contributed by atoms with van der Waals surface area (Å²) in [6, 6.07) is 0. The molecule has 1 unspecified atom stereocenters. The van der Waals surface area contributed by atoms with Crippen LogP contribution >= 0.6 is 24.0 Å². The van der Waals surface area contributed by atoms with Crippen molar-refractivity contribution in [2.45, 2.75) is 38.3 Å². The number of rotatable bonds is 8. The predicted molar refractivity (Wildman–Crippen MR) is 102 cm³/mol. The van der Waals surface area contributed by atoms with E-state index in [9.17, 15) is 0 Å². The van der Waals surface area contributed by atoms with Crippen LogP contribution in [0.1, 0.15) is 26.7 Å². The molecule has 6 nitrogen and oxygen atoms in total. The van der Waals surface area contributed by atoms with Gasteiger partial charge >= 0.3 is 0 Å². The monoisotopic (exact) mass is 428 g/mol. The van der Waals surface area contributed by atoms with Crippen LogP contribution in [0, 0.1) is 0 Å². The zero-order valence-corrected chi connectivity index (χ0v) is 17.0. The first-order chi connectivity index (χ1) is 9.95. The molecule has 0 saturated carbocycles. The van der Waals surface area contributed by atoms with Crippen LogP contribution in [0.5, 0.6) is 0 Å². The summed E-state index contributed by atoms with van der Waals surface area (Å²) in [6.45, 7) is 8.44. The Morgan fingerprint density at radius 1 is 1.36 bits per heavy atom. The van der Waals surface area contributed by atoms with Crippen molar-refractivity contribution in [2.75, 3.05) is 54.1 Å². The van der Waals surface area contributed by atoms with Gasteiger partial charge in [0.15, 0.2) is 5.96 Å². The van der Waals surface area contributed by atoms with E-state index in [1.54, 1.807) is 7.05 Å². The Hall–Kier alpha value is -0.120. The maximum atomic E-state index is 5.73. The molecule has 1 aliphatic rings. The second kappa shape index (κ2) is 11.4. The molecule has 0 aromatic rings. The van der Waals surface area contributed by atoms with E-state index in [1.165, 1.54) is 0 Å². The third-order valence-corrected chi connectivity index (χ3v) is 3.98. The largest absolute Gasteiger partial charge is 0.379 e. The zero-order chi connectivity index (χ0) is 15.7. The van der Waals surface area contributed by atoms with Crippen LogP contribution in [0.15, 0.2) is 4.99 Å². The van der Waals surface area contributed by atoms with E-state index in [-0.39, 0.29) is 29.5 Å². The maximum Gasteiger partial charge on any atom is 0.191 e. The molecule has 0 aliphatic carbocycles. The molecule has 0 aromatic heterocycles. The lowest BCUT2D eigenvalue weighted by Gasteiger charge is -2.33. The molecular weight excluding hydrogens is 395 g/mol. The zero-order valence-electron chi connectivity index (χ0n) is 14.6. The van der Waals surface area contributed by atoms with E-state index >= 15 is 0 Å². The highest BCUT2D eigenvalue weighted by Crippen LogP contribution is 2.08. The Bertz CT molecular complexity index is 319. The van der Waals surface area contributed by atoms with Crippen molar-refractivity contribution < 1.29 is 9.47 Å². The van der Waals surface area contributed by atoms with Crippen molar-refractivity contribution in [1.29, 1.82) is 0 Å². The van der Waals surface area contributed by atoms with Crippen LogP contribution in [0.25, 0.3) is 0 Å². The van der Waals surface area contributed by atoms with Gasteiger partial charge in [-0.3, -0.25) is 4.99 Å². The van der Waals surface area contributed by atoms with Gasteiger partial charge in [0.05, 0.1) is 12.7 Å². The molecule has 1 aliphatic heterocycles. The van der Waals surface area contributed by atoms with Gasteiger partial charge in [0.2, 0.25) is 0 Å². The van der Waals surface area contributed by atoms with E-state index in [4.69, 9.17) is 9.47 Å². The van der Waals surface area contributed by atoms with Gasteiger partial charge in [-0.1, -0.05) is 0 Å². The summed E-state index contributed by atoms with van der Waals surface area (Å²) in [7, 11) is 5.97.